The Balaban J connectivity index is 3.03. The lowest BCUT2D eigenvalue weighted by Crippen LogP contribution is -2.37. The van der Waals surface area contributed by atoms with E-state index in [0.29, 0.717) is 0 Å². The molecule has 1 aliphatic rings. The van der Waals surface area contributed by atoms with Crippen molar-refractivity contribution < 1.29 is 9.31 Å². The van der Waals surface area contributed by atoms with Crippen LogP contribution in [0.5, 0.6) is 0 Å². The van der Waals surface area contributed by atoms with Crippen LogP contribution in [0.15, 0.2) is 24.1 Å². The van der Waals surface area contributed by atoms with Gasteiger partial charge in [0, 0.05) is 4.92 Å². The van der Waals surface area contributed by atoms with Crippen molar-refractivity contribution in [2.45, 2.75) is 13.0 Å². The summed E-state index contributed by atoms with van der Waals surface area (Å²) in [5.41, 5.74) is -0.984. The second-order valence-electron chi connectivity index (χ2n) is 3.10. The highest BCUT2D eigenvalue weighted by atomic mass is 19.1. The molecule has 0 saturated carbocycles. The number of halogens is 1. The van der Waals surface area contributed by atoms with Crippen molar-refractivity contribution in [3.05, 3.63) is 41.1 Å². The van der Waals surface area contributed by atoms with Gasteiger partial charge in [0.05, 0.1) is 5.41 Å². The SMILES string of the molecule is [CH2]C1(C)C=CC=C(F)C1[N+](=O)[O-]. The van der Waals surface area contributed by atoms with E-state index in [4.69, 9.17) is 0 Å². The largest absolute Gasteiger partial charge is 0.272 e. The zero-order valence-corrected chi connectivity index (χ0v) is 6.66. The van der Waals surface area contributed by atoms with Crippen LogP contribution in [0.4, 0.5) is 4.39 Å². The Labute approximate surface area is 69.7 Å². The van der Waals surface area contributed by atoms with Crippen LogP contribution < -0.4 is 0 Å². The summed E-state index contributed by atoms with van der Waals surface area (Å²) in [7, 11) is 0. The fourth-order valence-electron chi connectivity index (χ4n) is 1.20. The Morgan fingerprint density at radius 3 is 2.75 bits per heavy atom. The Bertz CT molecular complexity index is 268. The number of allylic oxidation sites excluding steroid dienone is 2. The third kappa shape index (κ3) is 1.37. The van der Waals surface area contributed by atoms with E-state index in [0.717, 1.165) is 6.08 Å². The van der Waals surface area contributed by atoms with Gasteiger partial charge >= 0.3 is 0 Å². The number of nitro groups is 1. The summed E-state index contributed by atoms with van der Waals surface area (Å²) < 4.78 is 12.9. The van der Waals surface area contributed by atoms with Crippen molar-refractivity contribution >= 4 is 0 Å². The first-order valence-electron chi connectivity index (χ1n) is 3.49. The van der Waals surface area contributed by atoms with Crippen molar-refractivity contribution in [3.63, 3.8) is 0 Å². The standard InChI is InChI=1S/C8H9FNO2/c1-8(2)5-3-4-6(9)7(8)10(11)12/h3-5,7H,1H2,2H3. The van der Waals surface area contributed by atoms with Crippen LogP contribution in [0.1, 0.15) is 6.92 Å². The van der Waals surface area contributed by atoms with Gasteiger partial charge < -0.3 is 0 Å². The molecule has 0 bridgehead atoms. The molecule has 4 heteroatoms. The first-order chi connectivity index (χ1) is 5.45. The summed E-state index contributed by atoms with van der Waals surface area (Å²) in [4.78, 5) is 9.78. The quantitative estimate of drug-likeness (QED) is 0.445. The molecule has 12 heavy (non-hydrogen) atoms. The lowest BCUT2D eigenvalue weighted by Gasteiger charge is -2.25. The first-order valence-corrected chi connectivity index (χ1v) is 3.49. The van der Waals surface area contributed by atoms with E-state index in [2.05, 4.69) is 6.92 Å². The van der Waals surface area contributed by atoms with Crippen molar-refractivity contribution in [1.29, 1.82) is 0 Å². The minimum atomic E-state index is -1.34. The molecule has 0 saturated heterocycles. The molecule has 0 aromatic carbocycles. The van der Waals surface area contributed by atoms with Crippen molar-refractivity contribution in [2.75, 3.05) is 0 Å². The molecule has 0 N–H and O–H groups in total. The molecule has 65 valence electrons. The van der Waals surface area contributed by atoms with Crippen LogP contribution in [0.2, 0.25) is 0 Å². The van der Waals surface area contributed by atoms with E-state index in [-0.39, 0.29) is 0 Å². The molecule has 0 aromatic rings. The Morgan fingerprint density at radius 1 is 1.83 bits per heavy atom. The maximum absolute atomic E-state index is 12.9. The molecule has 1 aliphatic carbocycles. The van der Waals surface area contributed by atoms with Crippen molar-refractivity contribution in [3.8, 4) is 0 Å². The minimum Gasteiger partial charge on any atom is -0.264 e. The predicted molar refractivity (Wildman–Crippen MR) is 42.6 cm³/mol. The highest BCUT2D eigenvalue weighted by Crippen LogP contribution is 2.32. The van der Waals surface area contributed by atoms with Gasteiger partial charge in [0.2, 0.25) is 0 Å². The van der Waals surface area contributed by atoms with Gasteiger partial charge in [-0.25, -0.2) is 4.39 Å². The fraction of sp³-hybridized carbons (Fsp3) is 0.375. The predicted octanol–water partition coefficient (Wildman–Crippen LogP) is 1.90. The minimum absolute atomic E-state index is 0.650. The molecule has 0 aromatic heterocycles. The van der Waals surface area contributed by atoms with E-state index in [1.54, 1.807) is 0 Å². The van der Waals surface area contributed by atoms with E-state index in [1.165, 1.54) is 19.1 Å². The lowest BCUT2D eigenvalue weighted by molar-refractivity contribution is -0.527. The second-order valence-corrected chi connectivity index (χ2v) is 3.10. The maximum atomic E-state index is 12.9. The zero-order valence-electron chi connectivity index (χ0n) is 6.66. The molecule has 3 nitrogen and oxygen atoms in total. The topological polar surface area (TPSA) is 43.1 Å². The van der Waals surface area contributed by atoms with E-state index < -0.39 is 22.2 Å². The van der Waals surface area contributed by atoms with Crippen LogP contribution >= 0.6 is 0 Å². The zero-order chi connectivity index (χ0) is 9.35. The van der Waals surface area contributed by atoms with E-state index >= 15 is 0 Å². The molecule has 0 amide bonds. The van der Waals surface area contributed by atoms with Gasteiger partial charge in [-0.15, -0.1) is 0 Å². The molecule has 0 aliphatic heterocycles. The van der Waals surface area contributed by atoms with Crippen LogP contribution in [0.3, 0.4) is 0 Å². The number of rotatable bonds is 1. The summed E-state index contributed by atoms with van der Waals surface area (Å²) in [5.74, 6) is -0.736. The van der Waals surface area contributed by atoms with Crippen molar-refractivity contribution in [2.24, 2.45) is 5.41 Å². The van der Waals surface area contributed by atoms with Crippen LogP contribution in [-0.2, 0) is 0 Å². The van der Waals surface area contributed by atoms with E-state index in [1.807, 2.05) is 0 Å². The molecule has 1 radical (unpaired) electrons. The van der Waals surface area contributed by atoms with Crippen molar-refractivity contribution in [1.82, 2.24) is 0 Å². The van der Waals surface area contributed by atoms with Crippen LogP contribution in [-0.4, -0.2) is 11.0 Å². The monoisotopic (exact) mass is 170 g/mol. The smallest absolute Gasteiger partial charge is 0.264 e. The molecule has 2 atom stereocenters. The summed E-state index contributed by atoms with van der Waals surface area (Å²) in [6.45, 7) is 5.10. The van der Waals surface area contributed by atoms with Gasteiger partial charge in [-0.05, 0) is 19.9 Å². The molecular weight excluding hydrogens is 161 g/mol. The third-order valence-corrected chi connectivity index (χ3v) is 1.83. The molecule has 2 unspecified atom stereocenters. The van der Waals surface area contributed by atoms with E-state index in [9.17, 15) is 14.5 Å². The Kier molecular flexibility index (Phi) is 2.00. The van der Waals surface area contributed by atoms with Gasteiger partial charge in [0.1, 0.15) is 0 Å². The number of hydrogen-bond donors (Lipinski definition) is 0. The molecule has 1 rings (SSSR count). The van der Waals surface area contributed by atoms with Gasteiger partial charge in [0.15, 0.2) is 5.83 Å². The van der Waals surface area contributed by atoms with Crippen LogP contribution in [0, 0.1) is 22.5 Å². The first kappa shape index (κ1) is 8.90. The van der Waals surface area contributed by atoms with Gasteiger partial charge in [0.25, 0.3) is 6.04 Å². The van der Waals surface area contributed by atoms with Gasteiger partial charge in [-0.1, -0.05) is 12.2 Å². The lowest BCUT2D eigenvalue weighted by atomic mass is 9.81. The summed E-state index contributed by atoms with van der Waals surface area (Å²) in [6.07, 6.45) is 4.08. The fourth-order valence-corrected chi connectivity index (χ4v) is 1.20. The molecule has 0 heterocycles. The average Bonchev–Trinajstić information content (AvgIpc) is 1.82. The number of hydrogen-bond acceptors (Lipinski definition) is 2. The highest BCUT2D eigenvalue weighted by molar-refractivity contribution is 5.24. The molecular formula is C8H9FNO2. The number of nitrogens with zero attached hydrogens (tertiary/aromatic N) is 1. The third-order valence-electron chi connectivity index (χ3n) is 1.83. The summed E-state index contributed by atoms with van der Waals surface area (Å²) >= 11 is 0. The summed E-state index contributed by atoms with van der Waals surface area (Å²) in [6, 6.07) is -1.34. The normalized spacial score (nSPS) is 26.6. The highest BCUT2D eigenvalue weighted by Gasteiger charge is 2.42. The molecule has 0 fully saturated rings. The Morgan fingerprint density at radius 2 is 2.42 bits per heavy atom. The average molecular weight is 170 g/mol. The summed E-state index contributed by atoms with van der Waals surface area (Å²) in [5, 5.41) is 10.4. The van der Waals surface area contributed by atoms with Gasteiger partial charge in [-0.2, -0.15) is 0 Å². The second kappa shape index (κ2) is 2.69. The Hall–Kier alpha value is -1.19. The van der Waals surface area contributed by atoms with Crippen LogP contribution in [0.25, 0.3) is 0 Å². The maximum Gasteiger partial charge on any atom is 0.272 e. The van der Waals surface area contributed by atoms with Gasteiger partial charge in [-0.3, -0.25) is 10.1 Å². The molecule has 0 spiro atoms.